The fourth-order valence-corrected chi connectivity index (χ4v) is 5.57. The first-order valence-electron chi connectivity index (χ1n) is 8.15. The van der Waals surface area contributed by atoms with Crippen molar-refractivity contribution < 1.29 is 9.53 Å². The first-order valence-corrected chi connectivity index (χ1v) is 9.20. The van der Waals surface area contributed by atoms with Gasteiger partial charge in [-0.25, -0.2) is 0 Å². The zero-order valence-corrected chi connectivity index (χ0v) is 14.4. The van der Waals surface area contributed by atoms with Gasteiger partial charge >= 0.3 is 0 Å². The van der Waals surface area contributed by atoms with E-state index in [1.54, 1.807) is 0 Å². The molecule has 21 heavy (non-hydrogen) atoms. The highest BCUT2D eigenvalue weighted by molar-refractivity contribution is 8.00. The average Bonchev–Trinajstić information content (AvgIpc) is 2.48. The third-order valence-electron chi connectivity index (χ3n) is 6.18. The van der Waals surface area contributed by atoms with Crippen molar-refractivity contribution in [3.63, 3.8) is 0 Å². The van der Waals surface area contributed by atoms with Crippen LogP contribution in [0.2, 0.25) is 0 Å². The Kier molecular flexibility index (Phi) is 3.82. The van der Waals surface area contributed by atoms with Crippen molar-refractivity contribution in [1.29, 1.82) is 0 Å². The van der Waals surface area contributed by atoms with Crippen LogP contribution in [0.25, 0.3) is 0 Å². The molecule has 2 saturated heterocycles. The number of rotatable bonds is 1. The van der Waals surface area contributed by atoms with E-state index >= 15 is 0 Å². The van der Waals surface area contributed by atoms with Crippen LogP contribution in [0, 0.1) is 11.3 Å². The highest BCUT2D eigenvalue weighted by Crippen LogP contribution is 2.58. The quantitative estimate of drug-likeness (QED) is 0.803. The molecule has 0 aromatic heterocycles. The Morgan fingerprint density at radius 2 is 2.10 bits per heavy atom. The van der Waals surface area contributed by atoms with Crippen LogP contribution in [0.3, 0.4) is 0 Å². The predicted molar refractivity (Wildman–Crippen MR) is 86.3 cm³/mol. The molecule has 1 aliphatic carbocycles. The molecule has 3 aliphatic rings. The fraction of sp³-hybridized carbons (Fsp3) is 0.938. The maximum atomic E-state index is 13.3. The molecule has 0 bridgehead atoms. The fourth-order valence-electron chi connectivity index (χ4n) is 4.47. The van der Waals surface area contributed by atoms with Crippen LogP contribution in [0.4, 0.5) is 0 Å². The zero-order valence-electron chi connectivity index (χ0n) is 13.6. The summed E-state index contributed by atoms with van der Waals surface area (Å²) in [6.07, 6.45) is 2.18. The lowest BCUT2D eigenvalue weighted by Gasteiger charge is -2.66. The molecule has 5 unspecified atom stereocenters. The summed E-state index contributed by atoms with van der Waals surface area (Å²) in [5.74, 6) is 1.35. The molecule has 120 valence electrons. The number of hydrogen-bond donors (Lipinski definition) is 1. The second kappa shape index (κ2) is 5.14. The summed E-state index contributed by atoms with van der Waals surface area (Å²) in [4.78, 5) is 15.3. The molecule has 2 N–H and O–H groups in total. The van der Waals surface area contributed by atoms with E-state index in [0.29, 0.717) is 5.25 Å². The second-order valence-corrected chi connectivity index (χ2v) is 8.93. The molecule has 3 fully saturated rings. The van der Waals surface area contributed by atoms with Gasteiger partial charge in [-0.1, -0.05) is 20.8 Å². The predicted octanol–water partition coefficient (Wildman–Crippen LogP) is 1.87. The van der Waals surface area contributed by atoms with Crippen LogP contribution in [-0.2, 0) is 9.53 Å². The van der Waals surface area contributed by atoms with E-state index in [2.05, 4.69) is 27.7 Å². The average molecular weight is 312 g/mol. The lowest BCUT2D eigenvalue weighted by atomic mass is 9.46. The normalized spacial score (nSPS) is 45.7. The number of nitrogens with zero attached hydrogens (tertiary/aromatic N) is 1. The molecule has 0 aromatic rings. The lowest BCUT2D eigenvalue weighted by molar-refractivity contribution is -0.230. The molecule has 2 aliphatic heterocycles. The van der Waals surface area contributed by atoms with Crippen LogP contribution in [0.15, 0.2) is 0 Å². The van der Waals surface area contributed by atoms with E-state index in [1.165, 1.54) is 0 Å². The van der Waals surface area contributed by atoms with Crippen molar-refractivity contribution in [1.82, 2.24) is 4.90 Å². The Hall–Kier alpha value is -0.260. The van der Waals surface area contributed by atoms with Crippen LogP contribution < -0.4 is 5.73 Å². The Labute approximate surface area is 132 Å². The van der Waals surface area contributed by atoms with E-state index < -0.39 is 5.54 Å². The number of carbonyl (C=O) groups is 1. The molecule has 5 heteroatoms. The van der Waals surface area contributed by atoms with E-state index in [1.807, 2.05) is 16.7 Å². The number of nitrogens with two attached hydrogens (primary N) is 1. The Balaban J connectivity index is 1.85. The highest BCUT2D eigenvalue weighted by Gasteiger charge is 2.71. The van der Waals surface area contributed by atoms with Crippen molar-refractivity contribution in [2.45, 2.75) is 63.5 Å². The number of ether oxygens (including phenoxy) is 1. The van der Waals surface area contributed by atoms with Gasteiger partial charge in [-0.2, -0.15) is 11.8 Å². The summed E-state index contributed by atoms with van der Waals surface area (Å²) < 4.78 is 5.92. The van der Waals surface area contributed by atoms with Crippen molar-refractivity contribution in [2.75, 3.05) is 18.9 Å². The first kappa shape index (κ1) is 15.6. The maximum Gasteiger partial charge on any atom is 0.244 e. The smallest absolute Gasteiger partial charge is 0.244 e. The molecular weight excluding hydrogens is 284 g/mol. The Morgan fingerprint density at radius 3 is 2.81 bits per heavy atom. The summed E-state index contributed by atoms with van der Waals surface area (Å²) in [6.45, 7) is 10.2. The van der Waals surface area contributed by atoms with Crippen LogP contribution in [0.1, 0.15) is 40.5 Å². The first-order chi connectivity index (χ1) is 9.81. The summed E-state index contributed by atoms with van der Waals surface area (Å²) in [5.41, 5.74) is 5.71. The number of carbonyl (C=O) groups excluding carboxylic acids is 1. The molecule has 2 heterocycles. The Bertz CT molecular complexity index is 442. The van der Waals surface area contributed by atoms with Gasteiger partial charge in [-0.3, -0.25) is 4.79 Å². The SMILES string of the molecule is CC1SCCN(C(=O)C2(N)C3CCCOC3C2(C)C)C1C. The van der Waals surface area contributed by atoms with Crippen molar-refractivity contribution in [3.05, 3.63) is 0 Å². The molecule has 0 spiro atoms. The minimum atomic E-state index is -0.756. The maximum absolute atomic E-state index is 13.3. The number of fused-ring (bicyclic) bond motifs is 1. The third-order valence-corrected chi connectivity index (χ3v) is 7.52. The van der Waals surface area contributed by atoms with Gasteiger partial charge in [0.2, 0.25) is 5.91 Å². The molecule has 3 rings (SSSR count). The molecule has 0 radical (unpaired) electrons. The standard InChI is InChI=1S/C16H28N2O2S/c1-10-11(2)21-9-7-18(10)14(19)16(17)12-6-5-8-20-13(12)15(16,3)4/h10-13H,5-9,17H2,1-4H3. The molecule has 0 aromatic carbocycles. The number of hydrogen-bond acceptors (Lipinski definition) is 4. The van der Waals surface area contributed by atoms with Gasteiger partial charge in [-0.05, 0) is 19.8 Å². The minimum absolute atomic E-state index is 0.145. The van der Waals surface area contributed by atoms with E-state index in [4.69, 9.17) is 10.5 Å². The van der Waals surface area contributed by atoms with Gasteiger partial charge in [0.1, 0.15) is 5.54 Å². The number of thioether (sulfide) groups is 1. The highest BCUT2D eigenvalue weighted by atomic mass is 32.2. The van der Waals surface area contributed by atoms with E-state index in [9.17, 15) is 4.79 Å². The van der Waals surface area contributed by atoms with Gasteiger partial charge < -0.3 is 15.4 Å². The monoisotopic (exact) mass is 312 g/mol. The summed E-state index contributed by atoms with van der Waals surface area (Å²) >= 11 is 1.95. The van der Waals surface area contributed by atoms with Gasteiger partial charge in [-0.15, -0.1) is 0 Å². The molecule has 4 nitrogen and oxygen atoms in total. The number of amides is 1. The van der Waals surface area contributed by atoms with Crippen LogP contribution >= 0.6 is 11.8 Å². The van der Waals surface area contributed by atoms with Gasteiger partial charge in [0.15, 0.2) is 0 Å². The minimum Gasteiger partial charge on any atom is -0.377 e. The molecule has 1 amide bonds. The van der Waals surface area contributed by atoms with Crippen LogP contribution in [0.5, 0.6) is 0 Å². The van der Waals surface area contributed by atoms with Crippen molar-refractivity contribution in [2.24, 2.45) is 17.1 Å². The lowest BCUT2D eigenvalue weighted by Crippen LogP contribution is -2.83. The topological polar surface area (TPSA) is 55.6 Å². The summed E-state index contributed by atoms with van der Waals surface area (Å²) in [5, 5.41) is 0.480. The van der Waals surface area contributed by atoms with E-state index in [0.717, 1.165) is 31.7 Å². The summed E-state index contributed by atoms with van der Waals surface area (Å²) in [7, 11) is 0. The second-order valence-electron chi connectivity index (χ2n) is 7.45. The summed E-state index contributed by atoms with van der Waals surface area (Å²) in [6, 6.07) is 0.260. The Morgan fingerprint density at radius 1 is 1.38 bits per heavy atom. The van der Waals surface area contributed by atoms with Crippen molar-refractivity contribution >= 4 is 17.7 Å². The van der Waals surface area contributed by atoms with Gasteiger partial charge in [0, 0.05) is 41.5 Å². The van der Waals surface area contributed by atoms with Crippen LogP contribution in [-0.4, -0.2) is 52.6 Å². The molecule has 5 atom stereocenters. The van der Waals surface area contributed by atoms with Gasteiger partial charge in [0.25, 0.3) is 0 Å². The molecule has 1 saturated carbocycles. The van der Waals surface area contributed by atoms with E-state index in [-0.39, 0.29) is 29.4 Å². The molecular formula is C16H28N2O2S. The third kappa shape index (κ3) is 2.00. The van der Waals surface area contributed by atoms with Gasteiger partial charge in [0.05, 0.1) is 6.10 Å². The largest absolute Gasteiger partial charge is 0.377 e. The zero-order chi connectivity index (χ0) is 15.4. The van der Waals surface area contributed by atoms with Crippen molar-refractivity contribution in [3.8, 4) is 0 Å².